The number of fused-ring (bicyclic) bond motifs is 4. The van der Waals surface area contributed by atoms with Gasteiger partial charge in [0.15, 0.2) is 11.5 Å². The summed E-state index contributed by atoms with van der Waals surface area (Å²) in [6, 6.07) is 5.91. The third kappa shape index (κ3) is 3.43. The minimum atomic E-state index is -0.714. The summed E-state index contributed by atoms with van der Waals surface area (Å²) in [6.07, 6.45) is 0.899. The number of benzene rings is 2. The normalized spacial score (nSPS) is 14.7. The number of thiazole rings is 1. The van der Waals surface area contributed by atoms with Gasteiger partial charge in [-0.25, -0.2) is 15.0 Å². The molecular formula is C24H25N3O4S. The first-order valence-electron chi connectivity index (χ1n) is 10.5. The average molecular weight is 452 g/mol. The van der Waals surface area contributed by atoms with Crippen LogP contribution in [-0.4, -0.2) is 40.4 Å². The first kappa shape index (κ1) is 20.9. The molecule has 2 aromatic heterocycles. The molecule has 4 aromatic rings. The Labute approximate surface area is 190 Å². The highest BCUT2D eigenvalue weighted by molar-refractivity contribution is 7.22. The van der Waals surface area contributed by atoms with E-state index in [4.69, 9.17) is 19.2 Å². The van der Waals surface area contributed by atoms with Crippen molar-refractivity contribution in [2.24, 2.45) is 5.41 Å². The van der Waals surface area contributed by atoms with E-state index in [1.165, 1.54) is 11.3 Å². The number of aliphatic hydroxyl groups excluding tert-OH is 1. The van der Waals surface area contributed by atoms with Crippen LogP contribution in [0.5, 0.6) is 17.4 Å². The summed E-state index contributed by atoms with van der Waals surface area (Å²) < 4.78 is 18.0. The van der Waals surface area contributed by atoms with Crippen LogP contribution >= 0.6 is 11.3 Å². The third-order valence-electron chi connectivity index (χ3n) is 5.53. The van der Waals surface area contributed by atoms with Gasteiger partial charge in [0.1, 0.15) is 22.9 Å². The van der Waals surface area contributed by atoms with Gasteiger partial charge in [0, 0.05) is 11.1 Å². The predicted molar refractivity (Wildman–Crippen MR) is 125 cm³/mol. The molecule has 8 heteroatoms. The number of aryl methyl sites for hydroxylation is 1. The average Bonchev–Trinajstić information content (AvgIpc) is 3.22. The predicted octanol–water partition coefficient (Wildman–Crippen LogP) is 5.07. The molecule has 0 spiro atoms. The maximum absolute atomic E-state index is 11.1. The summed E-state index contributed by atoms with van der Waals surface area (Å²) in [7, 11) is 1.58. The van der Waals surface area contributed by atoms with Crippen LogP contribution in [0, 0.1) is 12.3 Å². The molecule has 1 aliphatic heterocycles. The highest BCUT2D eigenvalue weighted by Gasteiger charge is 2.31. The molecule has 1 unspecified atom stereocenters. The van der Waals surface area contributed by atoms with Crippen molar-refractivity contribution >= 4 is 32.6 Å². The van der Waals surface area contributed by atoms with Crippen molar-refractivity contribution in [3.8, 4) is 28.0 Å². The lowest BCUT2D eigenvalue weighted by molar-refractivity contribution is 0.0633. The van der Waals surface area contributed by atoms with Crippen LogP contribution in [0.4, 0.5) is 0 Å². The lowest BCUT2D eigenvalue weighted by Gasteiger charge is -2.28. The first-order valence-corrected chi connectivity index (χ1v) is 11.3. The standard InChI is InChI=1S/C24H25N3O4S/c1-12-8-14(18-15(9-12)26-17(29-5)11-25-18)23-27-19-13(22(28)24(2,3)4)10-16-20(21(19)32-23)31-7-6-30-16/h8-11,22,28H,6-7H2,1-5H3. The molecule has 7 nitrogen and oxygen atoms in total. The van der Waals surface area contributed by atoms with Crippen molar-refractivity contribution in [1.82, 2.24) is 15.0 Å². The van der Waals surface area contributed by atoms with Gasteiger partial charge < -0.3 is 19.3 Å². The van der Waals surface area contributed by atoms with Gasteiger partial charge >= 0.3 is 0 Å². The molecular weight excluding hydrogens is 426 g/mol. The Morgan fingerprint density at radius 1 is 1.09 bits per heavy atom. The van der Waals surface area contributed by atoms with Gasteiger partial charge in [0.05, 0.1) is 36.0 Å². The summed E-state index contributed by atoms with van der Waals surface area (Å²) in [5.74, 6) is 1.80. The van der Waals surface area contributed by atoms with Crippen molar-refractivity contribution in [3.63, 3.8) is 0 Å². The Morgan fingerprint density at radius 3 is 2.62 bits per heavy atom. The van der Waals surface area contributed by atoms with Crippen molar-refractivity contribution in [3.05, 3.63) is 35.5 Å². The maximum Gasteiger partial charge on any atom is 0.232 e. The molecule has 0 aliphatic carbocycles. The molecule has 2 aromatic carbocycles. The zero-order valence-electron chi connectivity index (χ0n) is 18.7. The molecule has 0 bridgehead atoms. The summed E-state index contributed by atoms with van der Waals surface area (Å²) in [6.45, 7) is 9.00. The van der Waals surface area contributed by atoms with Gasteiger partial charge in [-0.2, -0.15) is 0 Å². The highest BCUT2D eigenvalue weighted by Crippen LogP contribution is 2.48. The summed E-state index contributed by atoms with van der Waals surface area (Å²) >= 11 is 1.51. The van der Waals surface area contributed by atoms with Gasteiger partial charge in [-0.1, -0.05) is 20.8 Å². The van der Waals surface area contributed by atoms with E-state index in [0.29, 0.717) is 30.6 Å². The fourth-order valence-corrected chi connectivity index (χ4v) is 5.00. The molecule has 0 amide bonds. The number of aliphatic hydroxyl groups is 1. The van der Waals surface area contributed by atoms with Crippen LogP contribution in [-0.2, 0) is 0 Å². The fraction of sp³-hybridized carbons (Fsp3) is 0.375. The molecule has 32 heavy (non-hydrogen) atoms. The molecule has 0 saturated heterocycles. The first-order chi connectivity index (χ1) is 15.3. The van der Waals surface area contributed by atoms with E-state index in [-0.39, 0.29) is 5.41 Å². The number of methoxy groups -OCH3 is 1. The lowest BCUT2D eigenvalue weighted by atomic mass is 9.84. The monoisotopic (exact) mass is 451 g/mol. The summed E-state index contributed by atoms with van der Waals surface area (Å²) in [5, 5.41) is 11.9. The number of rotatable bonds is 3. The van der Waals surface area contributed by atoms with Crippen LogP contribution in [0.25, 0.3) is 31.8 Å². The van der Waals surface area contributed by atoms with Crippen molar-refractivity contribution in [2.45, 2.75) is 33.8 Å². The second-order valence-corrected chi connectivity index (χ2v) is 10.0. The maximum atomic E-state index is 11.1. The number of nitrogens with zero attached hydrogens (tertiary/aromatic N) is 3. The Morgan fingerprint density at radius 2 is 1.88 bits per heavy atom. The van der Waals surface area contributed by atoms with Gasteiger partial charge in [-0.05, 0) is 36.1 Å². The van der Waals surface area contributed by atoms with Crippen LogP contribution < -0.4 is 14.2 Å². The molecule has 3 heterocycles. The zero-order valence-corrected chi connectivity index (χ0v) is 19.5. The summed E-state index contributed by atoms with van der Waals surface area (Å²) in [5.41, 5.74) is 4.54. The SMILES string of the molecule is COc1cnc2c(-c3nc4c(C(O)C(C)(C)C)cc5c(c4s3)OCCO5)cc(C)cc2n1. The van der Waals surface area contributed by atoms with E-state index < -0.39 is 6.10 Å². The second kappa shape index (κ2) is 7.56. The smallest absolute Gasteiger partial charge is 0.232 e. The number of ether oxygens (including phenoxy) is 3. The van der Waals surface area contributed by atoms with Gasteiger partial charge in [0.25, 0.3) is 0 Å². The molecule has 1 N–H and O–H groups in total. The van der Waals surface area contributed by atoms with Gasteiger partial charge in [0.2, 0.25) is 5.88 Å². The van der Waals surface area contributed by atoms with E-state index in [0.717, 1.165) is 42.9 Å². The molecule has 166 valence electrons. The second-order valence-electron chi connectivity index (χ2n) is 9.05. The fourth-order valence-electron chi connectivity index (χ4n) is 3.90. The Balaban J connectivity index is 1.78. The molecule has 0 fully saturated rings. The quantitative estimate of drug-likeness (QED) is 0.465. The van der Waals surface area contributed by atoms with Crippen molar-refractivity contribution in [1.29, 1.82) is 0 Å². The van der Waals surface area contributed by atoms with Crippen molar-refractivity contribution in [2.75, 3.05) is 20.3 Å². The van der Waals surface area contributed by atoms with Gasteiger partial charge in [-0.15, -0.1) is 11.3 Å². The topological polar surface area (TPSA) is 86.6 Å². The molecule has 0 saturated carbocycles. The van der Waals surface area contributed by atoms with E-state index in [2.05, 4.69) is 16.0 Å². The Hall–Kier alpha value is -2.97. The van der Waals surface area contributed by atoms with E-state index >= 15 is 0 Å². The molecule has 1 atom stereocenters. The van der Waals surface area contributed by atoms with Crippen LogP contribution in [0.1, 0.15) is 38.0 Å². The molecule has 1 aliphatic rings. The van der Waals surface area contributed by atoms with Crippen LogP contribution in [0.2, 0.25) is 0 Å². The zero-order chi connectivity index (χ0) is 22.6. The van der Waals surface area contributed by atoms with E-state index in [1.807, 2.05) is 39.8 Å². The number of hydrogen-bond acceptors (Lipinski definition) is 8. The highest BCUT2D eigenvalue weighted by atomic mass is 32.1. The minimum absolute atomic E-state index is 0.363. The Bertz CT molecular complexity index is 1340. The van der Waals surface area contributed by atoms with E-state index in [9.17, 15) is 5.11 Å². The number of aromatic nitrogens is 3. The molecule has 0 radical (unpaired) electrons. The van der Waals surface area contributed by atoms with Crippen molar-refractivity contribution < 1.29 is 19.3 Å². The largest absolute Gasteiger partial charge is 0.486 e. The summed E-state index contributed by atoms with van der Waals surface area (Å²) in [4.78, 5) is 14.1. The van der Waals surface area contributed by atoms with Crippen LogP contribution in [0.3, 0.4) is 0 Å². The minimum Gasteiger partial charge on any atom is -0.486 e. The van der Waals surface area contributed by atoms with Gasteiger partial charge in [-0.3, -0.25) is 0 Å². The lowest BCUT2D eigenvalue weighted by Crippen LogP contribution is -2.20. The van der Waals surface area contributed by atoms with E-state index in [1.54, 1.807) is 13.3 Å². The van der Waals surface area contributed by atoms with Crippen LogP contribution in [0.15, 0.2) is 24.4 Å². The molecule has 5 rings (SSSR count). The number of hydrogen-bond donors (Lipinski definition) is 1. The third-order valence-corrected chi connectivity index (χ3v) is 6.62. The Kier molecular flexibility index (Phi) is 4.94.